The average Bonchev–Trinajstić information content (AvgIpc) is 3.05. The summed E-state index contributed by atoms with van der Waals surface area (Å²) in [6, 6.07) is 15.7. The Hall–Kier alpha value is -1.73. The van der Waals surface area contributed by atoms with Gasteiger partial charge in [-0.05, 0) is 54.8 Å². The molecule has 2 aromatic carbocycles. The van der Waals surface area contributed by atoms with Crippen molar-refractivity contribution >= 4 is 23.9 Å². The number of allylic oxidation sites excluding steroid dienone is 2. The SMILES string of the molecule is CSc1cccc2c1C=C(C)C2CC1C(C)=Cc2ccccc21. The smallest absolute Gasteiger partial charge is 0.0145 e. The summed E-state index contributed by atoms with van der Waals surface area (Å²) in [5.74, 6) is 1.11. The van der Waals surface area contributed by atoms with Crippen molar-refractivity contribution in [2.75, 3.05) is 6.26 Å². The second-order valence-corrected chi connectivity index (χ2v) is 7.56. The molecule has 0 aromatic heterocycles. The number of fused-ring (bicyclic) bond motifs is 2. The Bertz CT molecular complexity index is 826. The van der Waals surface area contributed by atoms with Gasteiger partial charge in [-0.2, -0.15) is 0 Å². The highest BCUT2D eigenvalue weighted by molar-refractivity contribution is 7.98. The van der Waals surface area contributed by atoms with E-state index in [1.54, 1.807) is 0 Å². The number of rotatable bonds is 3. The lowest BCUT2D eigenvalue weighted by atomic mass is 9.82. The topological polar surface area (TPSA) is 0 Å². The van der Waals surface area contributed by atoms with Crippen LogP contribution in [0.4, 0.5) is 0 Å². The molecule has 116 valence electrons. The van der Waals surface area contributed by atoms with E-state index in [-0.39, 0.29) is 0 Å². The summed E-state index contributed by atoms with van der Waals surface area (Å²) >= 11 is 1.85. The van der Waals surface area contributed by atoms with Crippen molar-refractivity contribution in [2.45, 2.75) is 37.0 Å². The van der Waals surface area contributed by atoms with Gasteiger partial charge in [0.2, 0.25) is 0 Å². The largest absolute Gasteiger partial charge is 0.129 e. The van der Waals surface area contributed by atoms with E-state index in [0.29, 0.717) is 11.8 Å². The fourth-order valence-corrected chi connectivity index (χ4v) is 4.79. The second-order valence-electron chi connectivity index (χ2n) is 6.71. The molecule has 0 spiro atoms. The maximum atomic E-state index is 2.41. The fraction of sp³-hybridized carbons (Fsp3) is 0.273. The van der Waals surface area contributed by atoms with Gasteiger partial charge in [0, 0.05) is 16.7 Å². The highest BCUT2D eigenvalue weighted by Crippen LogP contribution is 2.48. The van der Waals surface area contributed by atoms with Crippen molar-refractivity contribution in [1.82, 2.24) is 0 Å². The van der Waals surface area contributed by atoms with Crippen LogP contribution in [0.2, 0.25) is 0 Å². The van der Waals surface area contributed by atoms with Crippen molar-refractivity contribution in [2.24, 2.45) is 0 Å². The van der Waals surface area contributed by atoms with Gasteiger partial charge in [0.05, 0.1) is 0 Å². The third kappa shape index (κ3) is 2.38. The van der Waals surface area contributed by atoms with Gasteiger partial charge in [-0.3, -0.25) is 0 Å². The van der Waals surface area contributed by atoms with Gasteiger partial charge in [0.1, 0.15) is 0 Å². The molecular weight excluding hydrogens is 296 g/mol. The molecular formula is C22H22S. The summed E-state index contributed by atoms with van der Waals surface area (Å²) in [7, 11) is 0. The van der Waals surface area contributed by atoms with Crippen LogP contribution in [0.1, 0.15) is 54.4 Å². The molecule has 0 saturated heterocycles. The van der Waals surface area contributed by atoms with Gasteiger partial charge in [-0.1, -0.05) is 59.7 Å². The van der Waals surface area contributed by atoms with E-state index in [9.17, 15) is 0 Å². The highest BCUT2D eigenvalue weighted by atomic mass is 32.2. The minimum Gasteiger partial charge on any atom is -0.129 e. The van der Waals surface area contributed by atoms with E-state index < -0.39 is 0 Å². The summed E-state index contributed by atoms with van der Waals surface area (Å²) in [5, 5.41) is 0. The van der Waals surface area contributed by atoms with Gasteiger partial charge >= 0.3 is 0 Å². The summed E-state index contributed by atoms with van der Waals surface area (Å²) in [4.78, 5) is 1.41. The highest BCUT2D eigenvalue weighted by Gasteiger charge is 2.30. The standard InChI is InChI=1S/C22H22S/c1-14-11-16-7-4-5-8-17(16)19(14)13-20-15(2)12-21-18(20)9-6-10-22(21)23-3/h4-12,19-20H,13H2,1-3H3. The quantitative estimate of drug-likeness (QED) is 0.582. The van der Waals surface area contributed by atoms with E-state index in [1.807, 2.05) is 11.8 Å². The molecule has 0 saturated carbocycles. The van der Waals surface area contributed by atoms with Crippen LogP contribution in [0.25, 0.3) is 12.2 Å². The number of hydrogen-bond donors (Lipinski definition) is 0. The first-order valence-corrected chi connectivity index (χ1v) is 9.53. The van der Waals surface area contributed by atoms with Crippen molar-refractivity contribution < 1.29 is 0 Å². The Kier molecular flexibility index (Phi) is 3.69. The van der Waals surface area contributed by atoms with Crippen LogP contribution < -0.4 is 0 Å². The summed E-state index contributed by atoms with van der Waals surface area (Å²) in [5.41, 5.74) is 8.91. The minimum atomic E-state index is 0.552. The van der Waals surface area contributed by atoms with Crippen LogP contribution in [0.5, 0.6) is 0 Å². The average molecular weight is 318 g/mol. The normalized spacial score (nSPS) is 21.7. The zero-order valence-electron chi connectivity index (χ0n) is 14.0. The Labute approximate surface area is 143 Å². The third-order valence-electron chi connectivity index (χ3n) is 5.39. The summed E-state index contributed by atoms with van der Waals surface area (Å²) in [6.07, 6.45) is 8.14. The molecule has 0 nitrogen and oxygen atoms in total. The lowest BCUT2D eigenvalue weighted by Crippen LogP contribution is -2.06. The van der Waals surface area contributed by atoms with Gasteiger partial charge in [-0.25, -0.2) is 0 Å². The van der Waals surface area contributed by atoms with E-state index in [4.69, 9.17) is 0 Å². The van der Waals surface area contributed by atoms with Crippen LogP contribution in [-0.4, -0.2) is 6.26 Å². The van der Waals surface area contributed by atoms with E-state index >= 15 is 0 Å². The van der Waals surface area contributed by atoms with Crippen molar-refractivity contribution in [3.63, 3.8) is 0 Å². The molecule has 0 amide bonds. The molecule has 2 aromatic rings. The Morgan fingerprint density at radius 2 is 1.52 bits per heavy atom. The summed E-state index contributed by atoms with van der Waals surface area (Å²) in [6.45, 7) is 4.59. The van der Waals surface area contributed by atoms with Crippen molar-refractivity contribution in [3.05, 3.63) is 75.9 Å². The zero-order valence-corrected chi connectivity index (χ0v) is 14.8. The van der Waals surface area contributed by atoms with Gasteiger partial charge in [-0.15, -0.1) is 11.8 Å². The van der Waals surface area contributed by atoms with Crippen LogP contribution in [-0.2, 0) is 0 Å². The third-order valence-corrected chi connectivity index (χ3v) is 6.19. The van der Waals surface area contributed by atoms with Gasteiger partial charge in [0.15, 0.2) is 0 Å². The maximum absolute atomic E-state index is 2.41. The molecule has 2 atom stereocenters. The van der Waals surface area contributed by atoms with E-state index in [2.05, 4.69) is 74.7 Å². The van der Waals surface area contributed by atoms with Gasteiger partial charge < -0.3 is 0 Å². The van der Waals surface area contributed by atoms with Crippen molar-refractivity contribution in [1.29, 1.82) is 0 Å². The number of benzene rings is 2. The molecule has 4 rings (SSSR count). The summed E-state index contributed by atoms with van der Waals surface area (Å²) < 4.78 is 0. The molecule has 0 aliphatic heterocycles. The lowest BCUT2D eigenvalue weighted by molar-refractivity contribution is 0.642. The van der Waals surface area contributed by atoms with Crippen molar-refractivity contribution in [3.8, 4) is 0 Å². The predicted molar refractivity (Wildman–Crippen MR) is 102 cm³/mol. The van der Waals surface area contributed by atoms with Gasteiger partial charge in [0.25, 0.3) is 0 Å². The van der Waals surface area contributed by atoms with E-state index in [0.717, 1.165) is 0 Å². The number of hydrogen-bond acceptors (Lipinski definition) is 1. The molecule has 2 aliphatic carbocycles. The predicted octanol–water partition coefficient (Wildman–Crippen LogP) is 6.50. The molecule has 2 unspecified atom stereocenters. The molecule has 0 bridgehead atoms. The lowest BCUT2D eigenvalue weighted by Gasteiger charge is -2.22. The molecule has 23 heavy (non-hydrogen) atoms. The van der Waals surface area contributed by atoms with Crippen LogP contribution >= 0.6 is 11.8 Å². The Morgan fingerprint density at radius 3 is 2.35 bits per heavy atom. The zero-order chi connectivity index (χ0) is 16.0. The first kappa shape index (κ1) is 14.8. The molecule has 0 heterocycles. The molecule has 0 fully saturated rings. The molecule has 2 aliphatic rings. The molecule has 0 N–H and O–H groups in total. The maximum Gasteiger partial charge on any atom is 0.0145 e. The Morgan fingerprint density at radius 1 is 0.826 bits per heavy atom. The minimum absolute atomic E-state index is 0.552. The molecule has 1 heteroatoms. The Balaban J connectivity index is 1.70. The monoisotopic (exact) mass is 318 g/mol. The van der Waals surface area contributed by atoms with Crippen LogP contribution in [0.3, 0.4) is 0 Å². The fourth-order valence-electron chi connectivity index (χ4n) is 4.18. The van der Waals surface area contributed by atoms with Crippen LogP contribution in [0, 0.1) is 0 Å². The first-order valence-electron chi connectivity index (χ1n) is 8.31. The van der Waals surface area contributed by atoms with E-state index in [1.165, 1.54) is 44.7 Å². The van der Waals surface area contributed by atoms with Crippen LogP contribution in [0.15, 0.2) is 58.5 Å². The number of thioether (sulfide) groups is 1. The second kappa shape index (κ2) is 5.72. The molecule has 0 radical (unpaired) electrons. The first-order chi connectivity index (χ1) is 11.2.